The van der Waals surface area contributed by atoms with Gasteiger partial charge in [0.05, 0.1) is 0 Å². The van der Waals surface area contributed by atoms with Crippen LogP contribution in [0.4, 0.5) is 16.7 Å². The van der Waals surface area contributed by atoms with Gasteiger partial charge in [-0.2, -0.15) is 4.98 Å². The second kappa shape index (κ2) is 7.77. The molecule has 10 nitrogen and oxygen atoms in total. The van der Waals surface area contributed by atoms with Crippen LogP contribution in [-0.4, -0.2) is 57.6 Å². The number of nitrogens with zero attached hydrogens (tertiary/aromatic N) is 4. The maximum absolute atomic E-state index is 12.9. The van der Waals surface area contributed by atoms with E-state index in [0.29, 0.717) is 11.5 Å². The van der Waals surface area contributed by atoms with E-state index in [1.54, 1.807) is 19.1 Å². The number of rotatable bonds is 5. The number of urea groups is 1. The molecule has 30 heavy (non-hydrogen) atoms. The molecule has 2 aliphatic rings. The molecule has 4 rings (SSSR count). The molecule has 1 unspecified atom stereocenters. The number of piperidine rings is 1. The number of carbonyl (C=O) groups is 3. The van der Waals surface area contributed by atoms with Crippen molar-refractivity contribution in [3.05, 3.63) is 35.4 Å². The molecule has 3 heterocycles. The van der Waals surface area contributed by atoms with Gasteiger partial charge < -0.3 is 10.2 Å². The highest BCUT2D eigenvalue weighted by Crippen LogP contribution is 2.29. The quantitative estimate of drug-likeness (QED) is 0.641. The van der Waals surface area contributed by atoms with Crippen LogP contribution >= 0.6 is 0 Å². The van der Waals surface area contributed by atoms with E-state index in [2.05, 4.69) is 30.7 Å². The number of amides is 4. The SMILES string of the molecule is Cc1ccc(C2(C)NC(=O)N(CC(=O)Nc3nc(N4CCCCC4)n[nH]3)C2=O)cc1. The van der Waals surface area contributed by atoms with Crippen molar-refractivity contribution in [2.75, 3.05) is 29.9 Å². The fourth-order valence-corrected chi connectivity index (χ4v) is 3.78. The summed E-state index contributed by atoms with van der Waals surface area (Å²) in [5.74, 6) is -0.285. The summed E-state index contributed by atoms with van der Waals surface area (Å²) in [6, 6.07) is 6.74. The van der Waals surface area contributed by atoms with Crippen LogP contribution in [0.3, 0.4) is 0 Å². The molecule has 0 aliphatic carbocycles. The molecule has 2 aromatic rings. The molecule has 0 saturated carbocycles. The van der Waals surface area contributed by atoms with Gasteiger partial charge in [-0.05, 0) is 38.7 Å². The van der Waals surface area contributed by atoms with Gasteiger partial charge in [0.1, 0.15) is 12.1 Å². The van der Waals surface area contributed by atoms with Crippen molar-refractivity contribution in [1.82, 2.24) is 25.4 Å². The number of hydrogen-bond donors (Lipinski definition) is 3. The molecule has 0 spiro atoms. The van der Waals surface area contributed by atoms with Gasteiger partial charge in [-0.1, -0.05) is 29.8 Å². The number of hydrogen-bond acceptors (Lipinski definition) is 6. The zero-order valence-electron chi connectivity index (χ0n) is 17.1. The van der Waals surface area contributed by atoms with Gasteiger partial charge in [0, 0.05) is 13.1 Å². The molecule has 1 atom stereocenters. The minimum atomic E-state index is -1.21. The maximum Gasteiger partial charge on any atom is 0.325 e. The van der Waals surface area contributed by atoms with Gasteiger partial charge in [-0.3, -0.25) is 19.8 Å². The standard InChI is InChI=1S/C20H25N7O3/c1-13-6-8-14(9-7-13)20(2)16(29)27(19(30)23-20)12-15(28)21-17-22-18(25-24-17)26-10-4-3-5-11-26/h6-9H,3-5,10-12H2,1-2H3,(H,23,30)(H2,21,22,24,25,28). The van der Waals surface area contributed by atoms with E-state index in [9.17, 15) is 14.4 Å². The molecule has 2 saturated heterocycles. The van der Waals surface area contributed by atoms with Crippen LogP contribution in [0.5, 0.6) is 0 Å². The number of nitrogens with one attached hydrogen (secondary N) is 3. The summed E-state index contributed by atoms with van der Waals surface area (Å²) in [6.07, 6.45) is 3.36. The second-order valence-corrected chi connectivity index (χ2v) is 7.89. The van der Waals surface area contributed by atoms with E-state index in [0.717, 1.165) is 36.4 Å². The Kier molecular flexibility index (Phi) is 5.15. The molecular formula is C20H25N7O3. The molecule has 0 radical (unpaired) electrons. The van der Waals surface area contributed by atoms with Gasteiger partial charge >= 0.3 is 6.03 Å². The normalized spacial score (nSPS) is 21.7. The summed E-state index contributed by atoms with van der Waals surface area (Å²) < 4.78 is 0. The Balaban J connectivity index is 1.41. The van der Waals surface area contributed by atoms with Crippen LogP contribution in [-0.2, 0) is 15.1 Å². The van der Waals surface area contributed by atoms with Gasteiger partial charge in [-0.15, -0.1) is 5.10 Å². The van der Waals surface area contributed by atoms with E-state index in [4.69, 9.17) is 0 Å². The number of carbonyl (C=O) groups excluding carboxylic acids is 3. The van der Waals surface area contributed by atoms with Crippen LogP contribution < -0.4 is 15.5 Å². The highest BCUT2D eigenvalue weighted by atomic mass is 16.2. The van der Waals surface area contributed by atoms with E-state index in [1.165, 1.54) is 6.42 Å². The van der Waals surface area contributed by atoms with Crippen LogP contribution in [0.1, 0.15) is 37.3 Å². The lowest BCUT2D eigenvalue weighted by molar-refractivity contribution is -0.133. The Morgan fingerprint density at radius 3 is 2.57 bits per heavy atom. The van der Waals surface area contributed by atoms with Crippen molar-refractivity contribution in [2.24, 2.45) is 0 Å². The summed E-state index contributed by atoms with van der Waals surface area (Å²) in [4.78, 5) is 45.1. The largest absolute Gasteiger partial charge is 0.340 e. The summed E-state index contributed by atoms with van der Waals surface area (Å²) in [6.45, 7) is 4.93. The van der Waals surface area contributed by atoms with Crippen LogP contribution in [0.2, 0.25) is 0 Å². The summed E-state index contributed by atoms with van der Waals surface area (Å²) in [7, 11) is 0. The third-order valence-corrected chi connectivity index (χ3v) is 5.58. The van der Waals surface area contributed by atoms with E-state index in [1.807, 2.05) is 19.1 Å². The smallest absolute Gasteiger partial charge is 0.325 e. The molecular weight excluding hydrogens is 386 g/mol. The lowest BCUT2D eigenvalue weighted by atomic mass is 9.91. The van der Waals surface area contributed by atoms with E-state index in [-0.39, 0.29) is 5.95 Å². The molecule has 1 aromatic carbocycles. The Labute approximate surface area is 174 Å². The van der Waals surface area contributed by atoms with Gasteiger partial charge in [0.25, 0.3) is 5.91 Å². The second-order valence-electron chi connectivity index (χ2n) is 7.89. The Hall–Kier alpha value is -3.43. The molecule has 3 N–H and O–H groups in total. The topological polar surface area (TPSA) is 123 Å². The molecule has 158 valence electrons. The number of aromatic amines is 1. The Morgan fingerprint density at radius 1 is 1.17 bits per heavy atom. The third kappa shape index (κ3) is 3.72. The monoisotopic (exact) mass is 411 g/mol. The van der Waals surface area contributed by atoms with Crippen LogP contribution in [0.15, 0.2) is 24.3 Å². The number of aromatic nitrogens is 3. The fourth-order valence-electron chi connectivity index (χ4n) is 3.78. The van der Waals surface area contributed by atoms with Crippen LogP contribution in [0, 0.1) is 6.92 Å². The summed E-state index contributed by atoms with van der Waals surface area (Å²) in [5, 5.41) is 12.1. The number of benzene rings is 1. The molecule has 4 amide bonds. The maximum atomic E-state index is 12.9. The average Bonchev–Trinajstić information content (AvgIpc) is 3.28. The Bertz CT molecular complexity index is 965. The minimum Gasteiger partial charge on any atom is -0.340 e. The van der Waals surface area contributed by atoms with Crippen molar-refractivity contribution in [2.45, 2.75) is 38.6 Å². The first-order valence-corrected chi connectivity index (χ1v) is 10.1. The minimum absolute atomic E-state index is 0.189. The first-order chi connectivity index (χ1) is 14.4. The van der Waals surface area contributed by atoms with E-state index >= 15 is 0 Å². The lowest BCUT2D eigenvalue weighted by Crippen LogP contribution is -2.42. The molecule has 2 fully saturated rings. The predicted octanol–water partition coefficient (Wildman–Crippen LogP) is 1.51. The first kappa shape index (κ1) is 19.9. The number of H-pyrrole nitrogens is 1. The highest BCUT2D eigenvalue weighted by molar-refractivity contribution is 6.10. The summed E-state index contributed by atoms with van der Waals surface area (Å²) >= 11 is 0. The first-order valence-electron chi connectivity index (χ1n) is 10.1. The predicted molar refractivity (Wildman–Crippen MR) is 110 cm³/mol. The third-order valence-electron chi connectivity index (χ3n) is 5.58. The zero-order chi connectivity index (χ0) is 21.3. The zero-order valence-corrected chi connectivity index (χ0v) is 17.1. The molecule has 2 aliphatic heterocycles. The van der Waals surface area contributed by atoms with Gasteiger partial charge in [-0.25, -0.2) is 9.89 Å². The highest BCUT2D eigenvalue weighted by Gasteiger charge is 2.49. The fraction of sp³-hybridized carbons (Fsp3) is 0.450. The summed E-state index contributed by atoms with van der Waals surface area (Å²) in [5.41, 5.74) is 0.501. The van der Waals surface area contributed by atoms with Crippen LogP contribution in [0.25, 0.3) is 0 Å². The average molecular weight is 411 g/mol. The van der Waals surface area contributed by atoms with Crippen molar-refractivity contribution in [3.8, 4) is 0 Å². The van der Waals surface area contributed by atoms with Gasteiger partial charge in [0.2, 0.25) is 17.8 Å². The van der Waals surface area contributed by atoms with Crippen molar-refractivity contribution >= 4 is 29.7 Å². The molecule has 1 aromatic heterocycles. The number of anilines is 2. The lowest BCUT2D eigenvalue weighted by Gasteiger charge is -2.24. The number of imide groups is 1. The van der Waals surface area contributed by atoms with E-state index < -0.39 is 29.9 Å². The van der Waals surface area contributed by atoms with Gasteiger partial charge in [0.15, 0.2) is 0 Å². The van der Waals surface area contributed by atoms with Crippen molar-refractivity contribution in [1.29, 1.82) is 0 Å². The molecule has 0 bridgehead atoms. The molecule has 10 heteroatoms. The number of aryl methyl sites for hydroxylation is 1. The Morgan fingerprint density at radius 2 is 1.87 bits per heavy atom. The van der Waals surface area contributed by atoms with Crippen molar-refractivity contribution in [3.63, 3.8) is 0 Å². The van der Waals surface area contributed by atoms with Crippen molar-refractivity contribution < 1.29 is 14.4 Å².